The molecule has 3 unspecified atom stereocenters. The van der Waals surface area contributed by atoms with E-state index in [0.29, 0.717) is 18.8 Å². The zero-order valence-corrected chi connectivity index (χ0v) is 12.5. The van der Waals surface area contributed by atoms with Crippen LogP contribution in [0.1, 0.15) is 44.7 Å². The Balaban J connectivity index is 2.03. The highest BCUT2D eigenvalue weighted by atomic mass is 16.4. The Morgan fingerprint density at radius 2 is 2.14 bits per heavy atom. The Hall–Kier alpha value is -1.91. The number of pyridine rings is 1. The molecule has 0 spiro atoms. The molecule has 1 aliphatic rings. The maximum Gasteiger partial charge on any atom is 0.307 e. The van der Waals surface area contributed by atoms with Crippen molar-refractivity contribution in [3.8, 4) is 0 Å². The second-order valence-corrected chi connectivity index (χ2v) is 5.81. The van der Waals surface area contributed by atoms with E-state index >= 15 is 0 Å². The van der Waals surface area contributed by atoms with E-state index in [-0.39, 0.29) is 11.9 Å². The lowest BCUT2D eigenvalue weighted by molar-refractivity contribution is -0.146. The van der Waals surface area contributed by atoms with Crippen LogP contribution in [0.4, 0.5) is 0 Å². The summed E-state index contributed by atoms with van der Waals surface area (Å²) >= 11 is 0. The second kappa shape index (κ2) is 6.70. The SMILES string of the molecule is CCC1CC(C(=O)O)C(C(=O)N[C@H](C)c2cccnc2)C1. The van der Waals surface area contributed by atoms with Crippen LogP contribution in [0.25, 0.3) is 0 Å². The van der Waals surface area contributed by atoms with E-state index in [4.69, 9.17) is 0 Å². The summed E-state index contributed by atoms with van der Waals surface area (Å²) < 4.78 is 0. The summed E-state index contributed by atoms with van der Waals surface area (Å²) in [5.41, 5.74) is 0.919. The summed E-state index contributed by atoms with van der Waals surface area (Å²) in [7, 11) is 0. The fraction of sp³-hybridized carbons (Fsp3) is 0.562. The van der Waals surface area contributed by atoms with Crippen molar-refractivity contribution in [3.63, 3.8) is 0 Å². The Kier molecular flexibility index (Phi) is 4.94. The molecular formula is C16H22N2O3. The molecule has 1 saturated carbocycles. The topological polar surface area (TPSA) is 79.3 Å². The summed E-state index contributed by atoms with van der Waals surface area (Å²) in [6.45, 7) is 3.93. The number of hydrogen-bond donors (Lipinski definition) is 2. The number of carbonyl (C=O) groups excluding carboxylic acids is 1. The number of hydrogen-bond acceptors (Lipinski definition) is 3. The molecule has 1 amide bonds. The number of rotatable bonds is 5. The van der Waals surface area contributed by atoms with Gasteiger partial charge in [-0.05, 0) is 37.3 Å². The molecule has 0 bridgehead atoms. The van der Waals surface area contributed by atoms with Crippen LogP contribution in [0.3, 0.4) is 0 Å². The molecule has 4 atom stereocenters. The van der Waals surface area contributed by atoms with Crippen molar-refractivity contribution in [1.82, 2.24) is 10.3 Å². The largest absolute Gasteiger partial charge is 0.481 e. The van der Waals surface area contributed by atoms with E-state index in [9.17, 15) is 14.7 Å². The van der Waals surface area contributed by atoms with Gasteiger partial charge in [-0.15, -0.1) is 0 Å². The Morgan fingerprint density at radius 1 is 1.43 bits per heavy atom. The lowest BCUT2D eigenvalue weighted by Crippen LogP contribution is -2.36. The third-order valence-corrected chi connectivity index (χ3v) is 4.43. The van der Waals surface area contributed by atoms with Crippen molar-refractivity contribution in [2.24, 2.45) is 17.8 Å². The minimum absolute atomic E-state index is 0.158. The summed E-state index contributed by atoms with van der Waals surface area (Å²) in [4.78, 5) is 27.8. The highest BCUT2D eigenvalue weighted by molar-refractivity contribution is 5.85. The lowest BCUT2D eigenvalue weighted by atomic mass is 9.95. The number of amides is 1. The molecule has 1 fully saturated rings. The van der Waals surface area contributed by atoms with Crippen LogP contribution >= 0.6 is 0 Å². The number of aromatic nitrogens is 1. The molecular weight excluding hydrogens is 268 g/mol. The van der Waals surface area contributed by atoms with Gasteiger partial charge >= 0.3 is 5.97 Å². The Bertz CT molecular complexity index is 504. The fourth-order valence-electron chi connectivity index (χ4n) is 3.07. The number of aliphatic carboxylic acids is 1. The van der Waals surface area contributed by atoms with Crippen LogP contribution in [-0.4, -0.2) is 22.0 Å². The minimum atomic E-state index is -0.861. The van der Waals surface area contributed by atoms with Crippen LogP contribution in [0.2, 0.25) is 0 Å². The molecule has 1 aromatic rings. The van der Waals surface area contributed by atoms with Gasteiger partial charge in [0.1, 0.15) is 0 Å². The van der Waals surface area contributed by atoms with Crippen molar-refractivity contribution in [1.29, 1.82) is 0 Å². The van der Waals surface area contributed by atoms with Gasteiger partial charge in [0.05, 0.1) is 17.9 Å². The predicted molar refractivity (Wildman–Crippen MR) is 78.4 cm³/mol. The molecule has 21 heavy (non-hydrogen) atoms. The first kappa shape index (κ1) is 15.5. The van der Waals surface area contributed by atoms with Gasteiger partial charge in [-0.3, -0.25) is 14.6 Å². The van der Waals surface area contributed by atoms with Crippen LogP contribution < -0.4 is 5.32 Å². The fourth-order valence-corrected chi connectivity index (χ4v) is 3.07. The average Bonchev–Trinajstić information content (AvgIpc) is 2.92. The van der Waals surface area contributed by atoms with E-state index in [0.717, 1.165) is 12.0 Å². The van der Waals surface area contributed by atoms with Gasteiger partial charge in [-0.25, -0.2) is 0 Å². The molecule has 114 valence electrons. The number of carboxylic acids is 1. The van der Waals surface area contributed by atoms with Crippen molar-refractivity contribution in [2.75, 3.05) is 0 Å². The number of carbonyl (C=O) groups is 2. The number of nitrogens with zero attached hydrogens (tertiary/aromatic N) is 1. The van der Waals surface area contributed by atoms with Gasteiger partial charge < -0.3 is 10.4 Å². The monoisotopic (exact) mass is 290 g/mol. The maximum atomic E-state index is 12.4. The summed E-state index contributed by atoms with van der Waals surface area (Å²) in [6.07, 6.45) is 5.58. The third-order valence-electron chi connectivity index (χ3n) is 4.43. The van der Waals surface area contributed by atoms with E-state index in [2.05, 4.69) is 10.3 Å². The zero-order chi connectivity index (χ0) is 15.4. The van der Waals surface area contributed by atoms with Crippen LogP contribution in [0.5, 0.6) is 0 Å². The van der Waals surface area contributed by atoms with E-state index in [1.165, 1.54) is 0 Å². The first-order valence-electron chi connectivity index (χ1n) is 7.46. The minimum Gasteiger partial charge on any atom is -0.481 e. The van der Waals surface area contributed by atoms with Gasteiger partial charge in [0.25, 0.3) is 0 Å². The molecule has 1 aromatic heterocycles. The predicted octanol–water partition coefficient (Wildman–Crippen LogP) is 2.40. The van der Waals surface area contributed by atoms with Crippen molar-refractivity contribution < 1.29 is 14.7 Å². The van der Waals surface area contributed by atoms with Gasteiger partial charge in [0.2, 0.25) is 5.91 Å². The van der Waals surface area contributed by atoms with Gasteiger partial charge in [-0.2, -0.15) is 0 Å². The summed E-state index contributed by atoms with van der Waals surface area (Å²) in [5, 5.41) is 12.2. The van der Waals surface area contributed by atoms with Crippen LogP contribution in [0, 0.1) is 17.8 Å². The molecule has 5 nitrogen and oxygen atoms in total. The standard InChI is InChI=1S/C16H22N2O3/c1-3-11-7-13(14(8-11)16(20)21)15(19)18-10(2)12-5-4-6-17-9-12/h4-6,9-11,13-14H,3,7-8H2,1-2H3,(H,18,19)(H,20,21)/t10-,11?,13?,14?/m1/s1. The summed E-state index contributed by atoms with van der Waals surface area (Å²) in [5.74, 6) is -1.67. The average molecular weight is 290 g/mol. The molecule has 5 heteroatoms. The van der Waals surface area contributed by atoms with Crippen molar-refractivity contribution >= 4 is 11.9 Å². The van der Waals surface area contributed by atoms with E-state index < -0.39 is 17.8 Å². The lowest BCUT2D eigenvalue weighted by Gasteiger charge is -2.19. The number of carboxylic acid groups (broad SMARTS) is 1. The molecule has 1 aliphatic carbocycles. The maximum absolute atomic E-state index is 12.4. The first-order chi connectivity index (χ1) is 10.0. The van der Waals surface area contributed by atoms with Crippen LogP contribution in [-0.2, 0) is 9.59 Å². The normalized spacial score (nSPS) is 26.3. The van der Waals surface area contributed by atoms with Crippen LogP contribution in [0.15, 0.2) is 24.5 Å². The second-order valence-electron chi connectivity index (χ2n) is 5.81. The zero-order valence-electron chi connectivity index (χ0n) is 12.5. The Labute approximate surface area is 124 Å². The highest BCUT2D eigenvalue weighted by Crippen LogP contribution is 2.38. The molecule has 2 N–H and O–H groups in total. The summed E-state index contributed by atoms with van der Waals surface area (Å²) in [6, 6.07) is 3.55. The molecule has 0 saturated heterocycles. The third kappa shape index (κ3) is 3.60. The van der Waals surface area contributed by atoms with Gasteiger partial charge in [0.15, 0.2) is 0 Å². The molecule has 1 heterocycles. The highest BCUT2D eigenvalue weighted by Gasteiger charge is 2.42. The van der Waals surface area contributed by atoms with Crippen molar-refractivity contribution in [3.05, 3.63) is 30.1 Å². The molecule has 0 aromatic carbocycles. The van der Waals surface area contributed by atoms with Gasteiger partial charge in [0, 0.05) is 12.4 Å². The molecule has 2 rings (SSSR count). The molecule has 0 aliphatic heterocycles. The van der Waals surface area contributed by atoms with E-state index in [1.807, 2.05) is 26.0 Å². The van der Waals surface area contributed by atoms with Crippen molar-refractivity contribution in [2.45, 2.75) is 39.2 Å². The van der Waals surface area contributed by atoms with Gasteiger partial charge in [-0.1, -0.05) is 19.4 Å². The number of nitrogens with one attached hydrogen (secondary N) is 1. The van der Waals surface area contributed by atoms with E-state index in [1.54, 1.807) is 12.4 Å². The smallest absolute Gasteiger partial charge is 0.307 e. The first-order valence-corrected chi connectivity index (χ1v) is 7.46. The quantitative estimate of drug-likeness (QED) is 0.872. The molecule has 0 radical (unpaired) electrons. The Morgan fingerprint density at radius 3 is 2.71 bits per heavy atom.